The van der Waals surface area contributed by atoms with E-state index >= 15 is 0 Å². The van der Waals surface area contributed by atoms with Crippen molar-refractivity contribution in [2.45, 2.75) is 38.6 Å². The molecule has 0 aliphatic heterocycles. The molecule has 0 radical (unpaired) electrons. The molecule has 110 valence electrons. The summed E-state index contributed by atoms with van der Waals surface area (Å²) in [6.45, 7) is 3.30. The van der Waals surface area contributed by atoms with Crippen LogP contribution in [-0.2, 0) is 6.42 Å². The number of fused-ring (bicyclic) bond motifs is 2. The van der Waals surface area contributed by atoms with Crippen LogP contribution >= 0.6 is 0 Å². The predicted octanol–water partition coefficient (Wildman–Crippen LogP) is 3.80. The Morgan fingerprint density at radius 3 is 2.81 bits per heavy atom. The number of hydrogen-bond donors (Lipinski definition) is 1. The van der Waals surface area contributed by atoms with Crippen molar-refractivity contribution in [1.82, 2.24) is 10.3 Å². The first-order valence-electron chi connectivity index (χ1n) is 8.44. The van der Waals surface area contributed by atoms with Gasteiger partial charge in [0, 0.05) is 17.6 Å². The first-order valence-corrected chi connectivity index (χ1v) is 8.44. The number of likely N-dealkylation sites (N-methyl/N-ethyl adjacent to an activating group) is 1. The Balaban J connectivity index is 1.59. The maximum absolute atomic E-state index is 4.49. The number of rotatable bonds is 5. The molecular formula is C19H24N2. The smallest absolute Gasteiger partial charge is 0.0704 e. The quantitative estimate of drug-likeness (QED) is 0.901. The van der Waals surface area contributed by atoms with Gasteiger partial charge in [-0.2, -0.15) is 0 Å². The van der Waals surface area contributed by atoms with Crippen molar-refractivity contribution in [3.8, 4) is 0 Å². The molecule has 3 atom stereocenters. The van der Waals surface area contributed by atoms with Gasteiger partial charge in [0.05, 0.1) is 5.52 Å². The minimum atomic E-state index is 0.649. The van der Waals surface area contributed by atoms with Gasteiger partial charge < -0.3 is 5.32 Å². The van der Waals surface area contributed by atoms with E-state index in [1.165, 1.54) is 30.2 Å². The maximum atomic E-state index is 4.49. The summed E-state index contributed by atoms with van der Waals surface area (Å²) in [5, 5.41) is 5.09. The summed E-state index contributed by atoms with van der Waals surface area (Å²) in [5.74, 6) is 2.95. The van der Waals surface area contributed by atoms with E-state index in [0.717, 1.165) is 36.2 Å². The van der Waals surface area contributed by atoms with Crippen LogP contribution in [0.3, 0.4) is 0 Å². The lowest BCUT2D eigenvalue weighted by Crippen LogP contribution is -2.34. The van der Waals surface area contributed by atoms with E-state index in [9.17, 15) is 0 Å². The fourth-order valence-corrected chi connectivity index (χ4v) is 4.65. The highest BCUT2D eigenvalue weighted by atomic mass is 14.9. The Morgan fingerprint density at radius 2 is 2.00 bits per heavy atom. The van der Waals surface area contributed by atoms with Crippen molar-refractivity contribution in [1.29, 1.82) is 0 Å². The molecule has 2 saturated carbocycles. The molecule has 0 bridgehead atoms. The van der Waals surface area contributed by atoms with Crippen molar-refractivity contribution in [3.05, 3.63) is 42.1 Å². The number of aromatic nitrogens is 1. The van der Waals surface area contributed by atoms with Gasteiger partial charge >= 0.3 is 0 Å². The lowest BCUT2D eigenvalue weighted by molar-refractivity contribution is 0.411. The van der Waals surface area contributed by atoms with Gasteiger partial charge in [-0.1, -0.05) is 31.5 Å². The molecule has 1 N–H and O–H groups in total. The fourth-order valence-electron chi connectivity index (χ4n) is 4.65. The van der Waals surface area contributed by atoms with E-state index in [4.69, 9.17) is 0 Å². The molecule has 1 aromatic carbocycles. The fraction of sp³-hybridized carbons (Fsp3) is 0.526. The van der Waals surface area contributed by atoms with E-state index in [1.807, 2.05) is 6.20 Å². The van der Waals surface area contributed by atoms with Crippen LogP contribution < -0.4 is 5.32 Å². The highest BCUT2D eigenvalue weighted by molar-refractivity contribution is 5.81. The largest absolute Gasteiger partial charge is 0.314 e. The van der Waals surface area contributed by atoms with Crippen LogP contribution in [0.5, 0.6) is 0 Å². The van der Waals surface area contributed by atoms with E-state index in [1.54, 1.807) is 0 Å². The Kier molecular flexibility index (Phi) is 3.42. The van der Waals surface area contributed by atoms with Crippen LogP contribution in [0.1, 0.15) is 31.7 Å². The average molecular weight is 280 g/mol. The number of pyridine rings is 1. The lowest BCUT2D eigenvalue weighted by atomic mass is 9.95. The predicted molar refractivity (Wildman–Crippen MR) is 87.2 cm³/mol. The molecule has 2 aromatic rings. The third-order valence-corrected chi connectivity index (χ3v) is 5.58. The summed E-state index contributed by atoms with van der Waals surface area (Å²) in [4.78, 5) is 4.49. The monoisotopic (exact) mass is 280 g/mol. The number of para-hydroxylation sites is 1. The molecule has 1 aromatic heterocycles. The molecular weight excluding hydrogens is 256 g/mol. The van der Waals surface area contributed by atoms with E-state index in [0.29, 0.717) is 6.04 Å². The Morgan fingerprint density at radius 1 is 1.19 bits per heavy atom. The second-order valence-electron chi connectivity index (χ2n) is 6.69. The van der Waals surface area contributed by atoms with Gasteiger partial charge in [-0.25, -0.2) is 0 Å². The van der Waals surface area contributed by atoms with Crippen LogP contribution in [0.4, 0.5) is 0 Å². The van der Waals surface area contributed by atoms with Crippen molar-refractivity contribution in [3.63, 3.8) is 0 Å². The van der Waals surface area contributed by atoms with Gasteiger partial charge in [0.1, 0.15) is 0 Å². The summed E-state index contributed by atoms with van der Waals surface area (Å²) in [7, 11) is 0. The van der Waals surface area contributed by atoms with Gasteiger partial charge in [0.25, 0.3) is 0 Å². The van der Waals surface area contributed by atoms with E-state index < -0.39 is 0 Å². The standard InChI is InChI=1S/C19H24N2/c1-2-20-18(19-15-7-5-8-16(15)19)12-13-10-11-21-17-9-4-3-6-14(13)17/h3-4,6,9-11,15-16,18-20H,2,5,7-8,12H2,1H3. The molecule has 2 fully saturated rings. The Bertz CT molecular complexity index is 621. The van der Waals surface area contributed by atoms with Crippen molar-refractivity contribution in [2.75, 3.05) is 6.54 Å². The van der Waals surface area contributed by atoms with Gasteiger partial charge in [0.2, 0.25) is 0 Å². The Labute approximate surface area is 127 Å². The Hall–Kier alpha value is -1.41. The molecule has 3 unspecified atom stereocenters. The molecule has 2 aliphatic rings. The van der Waals surface area contributed by atoms with E-state index in [2.05, 4.69) is 47.6 Å². The van der Waals surface area contributed by atoms with Crippen LogP contribution in [-0.4, -0.2) is 17.6 Å². The van der Waals surface area contributed by atoms with Gasteiger partial charge in [-0.3, -0.25) is 4.98 Å². The molecule has 4 rings (SSSR count). The average Bonchev–Trinajstić information content (AvgIpc) is 2.99. The van der Waals surface area contributed by atoms with Crippen molar-refractivity contribution < 1.29 is 0 Å². The third kappa shape index (κ3) is 2.36. The van der Waals surface area contributed by atoms with Crippen LogP contribution in [0.25, 0.3) is 10.9 Å². The van der Waals surface area contributed by atoms with Crippen LogP contribution in [0.15, 0.2) is 36.5 Å². The SMILES string of the molecule is CCNC(Cc1ccnc2ccccc12)C1C2CCCC21. The zero-order valence-electron chi connectivity index (χ0n) is 12.8. The van der Waals surface area contributed by atoms with Gasteiger partial charge in [-0.05, 0) is 61.3 Å². The third-order valence-electron chi connectivity index (χ3n) is 5.58. The number of nitrogens with zero attached hydrogens (tertiary/aromatic N) is 1. The molecule has 0 saturated heterocycles. The second-order valence-corrected chi connectivity index (χ2v) is 6.69. The minimum absolute atomic E-state index is 0.649. The molecule has 2 aliphatic carbocycles. The zero-order valence-corrected chi connectivity index (χ0v) is 12.8. The molecule has 0 spiro atoms. The first-order chi connectivity index (χ1) is 10.4. The molecule has 1 heterocycles. The molecule has 2 nitrogen and oxygen atoms in total. The number of benzene rings is 1. The topological polar surface area (TPSA) is 24.9 Å². The normalized spacial score (nSPS) is 28.5. The van der Waals surface area contributed by atoms with Crippen LogP contribution in [0, 0.1) is 17.8 Å². The summed E-state index contributed by atoms with van der Waals surface area (Å²) in [6.07, 6.45) is 7.51. The van der Waals surface area contributed by atoms with Crippen molar-refractivity contribution >= 4 is 10.9 Å². The molecule has 21 heavy (non-hydrogen) atoms. The van der Waals surface area contributed by atoms with Crippen molar-refractivity contribution in [2.24, 2.45) is 17.8 Å². The molecule has 2 heteroatoms. The maximum Gasteiger partial charge on any atom is 0.0704 e. The second kappa shape index (κ2) is 5.42. The minimum Gasteiger partial charge on any atom is -0.314 e. The lowest BCUT2D eigenvalue weighted by Gasteiger charge is -2.20. The highest BCUT2D eigenvalue weighted by Crippen LogP contribution is 2.59. The van der Waals surface area contributed by atoms with E-state index in [-0.39, 0.29) is 0 Å². The van der Waals surface area contributed by atoms with Crippen LogP contribution in [0.2, 0.25) is 0 Å². The number of nitrogens with one attached hydrogen (secondary N) is 1. The molecule has 0 amide bonds. The first kappa shape index (κ1) is 13.3. The number of hydrogen-bond acceptors (Lipinski definition) is 2. The summed E-state index contributed by atoms with van der Waals surface area (Å²) in [5.41, 5.74) is 2.58. The zero-order chi connectivity index (χ0) is 14.2. The van der Waals surface area contributed by atoms with Gasteiger partial charge in [0.15, 0.2) is 0 Å². The summed E-state index contributed by atoms with van der Waals surface area (Å²) in [6, 6.07) is 11.4. The highest BCUT2D eigenvalue weighted by Gasteiger charge is 2.55. The summed E-state index contributed by atoms with van der Waals surface area (Å²) < 4.78 is 0. The van der Waals surface area contributed by atoms with Gasteiger partial charge in [-0.15, -0.1) is 0 Å². The summed E-state index contributed by atoms with van der Waals surface area (Å²) >= 11 is 0.